The summed E-state index contributed by atoms with van der Waals surface area (Å²) in [5.74, 6) is -0.774. The van der Waals surface area contributed by atoms with Crippen LogP contribution in [-0.2, 0) is 16.0 Å². The van der Waals surface area contributed by atoms with Crippen molar-refractivity contribution in [3.8, 4) is 17.3 Å². The Balaban J connectivity index is 1.64. The molecule has 0 aliphatic heterocycles. The van der Waals surface area contributed by atoms with Gasteiger partial charge < -0.3 is 23.6 Å². The van der Waals surface area contributed by atoms with Gasteiger partial charge in [0.05, 0.1) is 23.8 Å². The van der Waals surface area contributed by atoms with Gasteiger partial charge in [-0.15, -0.1) is 11.3 Å². The van der Waals surface area contributed by atoms with E-state index in [9.17, 15) is 14.4 Å². The second kappa shape index (κ2) is 10.2. The maximum Gasteiger partial charge on any atom is 0.341 e. The molecule has 0 unspecified atom stereocenters. The zero-order valence-electron chi connectivity index (χ0n) is 19.9. The number of aryl methyl sites for hydroxylation is 2. The lowest BCUT2D eigenvalue weighted by Gasteiger charge is -2.11. The standard InChI is InChI=1S/C26H25NO7S/c1-5-16-9-10-18-17(12-16)22(29)24(23(34-18)19-8-7-11-32-19)33-13-20(28)27-25-21(26(30)31-6-2)14(3)15(4)35-25/h7-12H,5-6,13H2,1-4H3,(H,27,28). The number of carbonyl (C=O) groups is 2. The predicted molar refractivity (Wildman–Crippen MR) is 133 cm³/mol. The van der Waals surface area contributed by atoms with E-state index in [1.165, 1.54) is 17.6 Å². The van der Waals surface area contributed by atoms with Crippen LogP contribution in [0.25, 0.3) is 22.5 Å². The minimum Gasteiger partial charge on any atom is -0.476 e. The summed E-state index contributed by atoms with van der Waals surface area (Å²) in [6, 6.07) is 8.67. The number of anilines is 1. The lowest BCUT2D eigenvalue weighted by atomic mass is 10.1. The minimum absolute atomic E-state index is 0.0968. The summed E-state index contributed by atoms with van der Waals surface area (Å²) in [6.45, 7) is 7.10. The van der Waals surface area contributed by atoms with E-state index in [-0.39, 0.29) is 18.1 Å². The first kappa shape index (κ1) is 24.3. The van der Waals surface area contributed by atoms with Crippen LogP contribution in [0, 0.1) is 13.8 Å². The Morgan fingerprint density at radius 1 is 1.14 bits per heavy atom. The summed E-state index contributed by atoms with van der Waals surface area (Å²) in [5, 5.41) is 3.43. The number of amides is 1. The second-order valence-corrected chi connectivity index (χ2v) is 9.02. The summed E-state index contributed by atoms with van der Waals surface area (Å²) in [5.41, 5.74) is 2.01. The van der Waals surface area contributed by atoms with Gasteiger partial charge in [0.1, 0.15) is 10.6 Å². The fourth-order valence-electron chi connectivity index (χ4n) is 3.61. The number of rotatable bonds is 8. The first-order valence-electron chi connectivity index (χ1n) is 11.2. The van der Waals surface area contributed by atoms with Crippen molar-refractivity contribution in [2.24, 2.45) is 0 Å². The molecule has 1 N–H and O–H groups in total. The number of fused-ring (bicyclic) bond motifs is 1. The molecule has 3 aromatic heterocycles. The number of esters is 1. The van der Waals surface area contributed by atoms with E-state index in [0.717, 1.165) is 22.4 Å². The number of nitrogens with one attached hydrogen (secondary N) is 1. The molecule has 1 amide bonds. The number of ether oxygens (including phenoxy) is 2. The van der Waals surface area contributed by atoms with Crippen LogP contribution in [0.4, 0.5) is 5.00 Å². The third kappa shape index (κ3) is 4.85. The molecule has 4 rings (SSSR count). The van der Waals surface area contributed by atoms with Crippen LogP contribution in [0.3, 0.4) is 0 Å². The lowest BCUT2D eigenvalue weighted by molar-refractivity contribution is -0.118. The van der Waals surface area contributed by atoms with Crippen LogP contribution in [-0.4, -0.2) is 25.1 Å². The van der Waals surface area contributed by atoms with Gasteiger partial charge in [0.2, 0.25) is 16.9 Å². The highest BCUT2D eigenvalue weighted by atomic mass is 32.1. The summed E-state index contributed by atoms with van der Waals surface area (Å²) in [4.78, 5) is 39.4. The third-order valence-electron chi connectivity index (χ3n) is 5.53. The summed E-state index contributed by atoms with van der Waals surface area (Å²) in [6.07, 6.45) is 2.20. The van der Waals surface area contributed by atoms with Crippen LogP contribution in [0.2, 0.25) is 0 Å². The largest absolute Gasteiger partial charge is 0.476 e. The smallest absolute Gasteiger partial charge is 0.341 e. The Morgan fingerprint density at radius 2 is 1.94 bits per heavy atom. The van der Waals surface area contributed by atoms with E-state index in [4.69, 9.17) is 18.3 Å². The Hall–Kier alpha value is -3.85. The number of carbonyl (C=O) groups excluding carboxylic acids is 2. The van der Waals surface area contributed by atoms with Crippen molar-refractivity contribution in [3.63, 3.8) is 0 Å². The van der Waals surface area contributed by atoms with Gasteiger partial charge in [0.15, 0.2) is 12.4 Å². The topological polar surface area (TPSA) is 108 Å². The van der Waals surface area contributed by atoms with Crippen molar-refractivity contribution in [1.82, 2.24) is 0 Å². The van der Waals surface area contributed by atoms with Crippen molar-refractivity contribution in [1.29, 1.82) is 0 Å². The maximum absolute atomic E-state index is 13.3. The first-order chi connectivity index (χ1) is 16.8. The normalized spacial score (nSPS) is 11.0. The lowest BCUT2D eigenvalue weighted by Crippen LogP contribution is -2.23. The molecule has 0 bridgehead atoms. The van der Waals surface area contributed by atoms with Crippen LogP contribution in [0.15, 0.2) is 50.2 Å². The number of furan rings is 1. The Labute approximate surface area is 205 Å². The van der Waals surface area contributed by atoms with E-state index >= 15 is 0 Å². The fourth-order valence-corrected chi connectivity index (χ4v) is 4.68. The molecule has 0 aliphatic carbocycles. The molecule has 182 valence electrons. The van der Waals surface area contributed by atoms with Gasteiger partial charge in [-0.3, -0.25) is 9.59 Å². The molecule has 3 heterocycles. The molecule has 9 heteroatoms. The van der Waals surface area contributed by atoms with E-state index in [0.29, 0.717) is 27.3 Å². The molecule has 0 saturated heterocycles. The van der Waals surface area contributed by atoms with E-state index in [1.54, 1.807) is 38.1 Å². The van der Waals surface area contributed by atoms with Gasteiger partial charge >= 0.3 is 5.97 Å². The number of thiophene rings is 1. The number of hydrogen-bond donors (Lipinski definition) is 1. The molecule has 4 aromatic rings. The van der Waals surface area contributed by atoms with Gasteiger partial charge in [-0.2, -0.15) is 0 Å². The van der Waals surface area contributed by atoms with Crippen LogP contribution in [0.5, 0.6) is 5.75 Å². The summed E-state index contributed by atoms with van der Waals surface area (Å²) >= 11 is 1.27. The molecule has 0 fully saturated rings. The van der Waals surface area contributed by atoms with Crippen LogP contribution < -0.4 is 15.5 Å². The highest BCUT2D eigenvalue weighted by Gasteiger charge is 2.24. The van der Waals surface area contributed by atoms with Gasteiger partial charge in [-0.1, -0.05) is 13.0 Å². The molecular formula is C26H25NO7S. The molecule has 0 spiro atoms. The first-order valence-corrected chi connectivity index (χ1v) is 12.0. The average molecular weight is 496 g/mol. The quantitative estimate of drug-likeness (QED) is 0.322. The molecule has 0 saturated carbocycles. The highest BCUT2D eigenvalue weighted by molar-refractivity contribution is 7.16. The molecule has 0 atom stereocenters. The van der Waals surface area contributed by atoms with E-state index in [2.05, 4.69) is 5.32 Å². The number of hydrogen-bond acceptors (Lipinski definition) is 8. The highest BCUT2D eigenvalue weighted by Crippen LogP contribution is 2.34. The second-order valence-electron chi connectivity index (χ2n) is 7.80. The third-order valence-corrected chi connectivity index (χ3v) is 6.65. The van der Waals surface area contributed by atoms with Crippen molar-refractivity contribution in [2.75, 3.05) is 18.5 Å². The SMILES string of the molecule is CCOC(=O)c1c(NC(=O)COc2c(-c3ccco3)oc3ccc(CC)cc3c2=O)sc(C)c1C. The predicted octanol–water partition coefficient (Wildman–Crippen LogP) is 5.49. The van der Waals surface area contributed by atoms with Crippen molar-refractivity contribution in [3.05, 3.63) is 68.4 Å². The van der Waals surface area contributed by atoms with Gasteiger partial charge in [0, 0.05) is 4.88 Å². The van der Waals surface area contributed by atoms with Gasteiger partial charge in [0.25, 0.3) is 5.91 Å². The molecule has 35 heavy (non-hydrogen) atoms. The molecule has 0 radical (unpaired) electrons. The van der Waals surface area contributed by atoms with Crippen molar-refractivity contribution < 1.29 is 27.9 Å². The number of benzene rings is 1. The zero-order chi connectivity index (χ0) is 25.1. The van der Waals surface area contributed by atoms with Crippen molar-refractivity contribution in [2.45, 2.75) is 34.1 Å². The zero-order valence-corrected chi connectivity index (χ0v) is 20.7. The fraction of sp³-hybridized carbons (Fsp3) is 0.269. The Kier molecular flexibility index (Phi) is 7.07. The monoisotopic (exact) mass is 495 g/mol. The molecule has 1 aromatic carbocycles. The van der Waals surface area contributed by atoms with Gasteiger partial charge in [-0.25, -0.2) is 4.79 Å². The summed E-state index contributed by atoms with van der Waals surface area (Å²) < 4.78 is 22.2. The minimum atomic E-state index is -0.538. The maximum atomic E-state index is 13.3. The Bertz CT molecular complexity index is 1450. The van der Waals surface area contributed by atoms with Crippen molar-refractivity contribution >= 4 is 39.2 Å². The van der Waals surface area contributed by atoms with E-state index < -0.39 is 23.9 Å². The Morgan fingerprint density at radius 3 is 2.63 bits per heavy atom. The van der Waals surface area contributed by atoms with Crippen LogP contribution >= 0.6 is 11.3 Å². The molecular weight excluding hydrogens is 470 g/mol. The van der Waals surface area contributed by atoms with Crippen LogP contribution in [0.1, 0.15) is 40.2 Å². The van der Waals surface area contributed by atoms with Gasteiger partial charge in [-0.05, 0) is 62.6 Å². The summed E-state index contributed by atoms with van der Waals surface area (Å²) in [7, 11) is 0. The molecule has 0 aliphatic rings. The molecule has 8 nitrogen and oxygen atoms in total. The average Bonchev–Trinajstić information content (AvgIpc) is 3.46. The van der Waals surface area contributed by atoms with E-state index in [1.807, 2.05) is 19.9 Å².